The molecule has 0 aliphatic heterocycles. The quantitative estimate of drug-likeness (QED) is 0.359. The SMILES string of the molecule is C=CCC(C=CC)(CC=C)NN. The fraction of sp³-hybridized carbons (Fsp3) is 0.400. The van der Waals surface area contributed by atoms with Crippen LogP contribution < -0.4 is 11.3 Å². The molecule has 0 heterocycles. The van der Waals surface area contributed by atoms with E-state index in [1.54, 1.807) is 0 Å². The summed E-state index contributed by atoms with van der Waals surface area (Å²) in [4.78, 5) is 0. The van der Waals surface area contributed by atoms with Gasteiger partial charge in [-0.3, -0.25) is 5.84 Å². The predicted molar refractivity (Wildman–Crippen MR) is 54.5 cm³/mol. The molecular weight excluding hydrogens is 148 g/mol. The van der Waals surface area contributed by atoms with Crippen LogP contribution in [0.4, 0.5) is 0 Å². The molecule has 0 saturated heterocycles. The summed E-state index contributed by atoms with van der Waals surface area (Å²) in [5.41, 5.74) is 2.59. The standard InChI is InChI=1S/C10H18N2/c1-4-7-10(12-11,8-5-2)9-6-3/h4-6,9,12H,1-2,7-8,11H2,3H3. The van der Waals surface area contributed by atoms with Crippen molar-refractivity contribution in [2.24, 2.45) is 5.84 Å². The molecule has 0 aliphatic carbocycles. The number of nitrogens with one attached hydrogen (secondary N) is 1. The van der Waals surface area contributed by atoms with Crippen molar-refractivity contribution in [1.29, 1.82) is 0 Å². The van der Waals surface area contributed by atoms with Gasteiger partial charge in [-0.2, -0.15) is 0 Å². The molecule has 2 heteroatoms. The van der Waals surface area contributed by atoms with Crippen molar-refractivity contribution in [3.8, 4) is 0 Å². The van der Waals surface area contributed by atoms with Crippen molar-refractivity contribution < 1.29 is 0 Å². The van der Waals surface area contributed by atoms with E-state index < -0.39 is 0 Å². The number of hydrogen-bond acceptors (Lipinski definition) is 2. The molecule has 0 fully saturated rings. The predicted octanol–water partition coefficient (Wildman–Crippen LogP) is 1.92. The van der Waals surface area contributed by atoms with Crippen LogP contribution >= 0.6 is 0 Å². The summed E-state index contributed by atoms with van der Waals surface area (Å²) in [6, 6.07) is 0. The van der Waals surface area contributed by atoms with Crippen LogP contribution in [0.3, 0.4) is 0 Å². The smallest absolute Gasteiger partial charge is 0.0568 e. The van der Waals surface area contributed by atoms with Gasteiger partial charge < -0.3 is 0 Å². The molecule has 0 aromatic heterocycles. The molecule has 0 aliphatic rings. The van der Waals surface area contributed by atoms with Crippen molar-refractivity contribution in [3.05, 3.63) is 37.5 Å². The Bertz CT molecular complexity index is 161. The lowest BCUT2D eigenvalue weighted by Crippen LogP contribution is -2.47. The average Bonchev–Trinajstić information content (AvgIpc) is 2.06. The summed E-state index contributed by atoms with van der Waals surface area (Å²) in [6.45, 7) is 9.36. The molecule has 12 heavy (non-hydrogen) atoms. The lowest BCUT2D eigenvalue weighted by atomic mass is 9.91. The second-order valence-corrected chi connectivity index (χ2v) is 2.79. The van der Waals surface area contributed by atoms with Crippen LogP contribution in [0.1, 0.15) is 19.8 Å². The Balaban J connectivity index is 4.47. The van der Waals surface area contributed by atoms with Gasteiger partial charge >= 0.3 is 0 Å². The third kappa shape index (κ3) is 3.03. The molecule has 0 aromatic rings. The van der Waals surface area contributed by atoms with Gasteiger partial charge in [-0.15, -0.1) is 13.2 Å². The fourth-order valence-electron chi connectivity index (χ4n) is 1.22. The van der Waals surface area contributed by atoms with Gasteiger partial charge in [0.1, 0.15) is 0 Å². The lowest BCUT2D eigenvalue weighted by molar-refractivity contribution is 0.418. The Kier molecular flexibility index (Phi) is 5.34. The Morgan fingerprint density at radius 2 is 1.83 bits per heavy atom. The molecule has 68 valence electrons. The normalized spacial score (nSPS) is 11.8. The van der Waals surface area contributed by atoms with Gasteiger partial charge in [0.2, 0.25) is 0 Å². The van der Waals surface area contributed by atoms with Crippen molar-refractivity contribution in [3.63, 3.8) is 0 Å². The first-order valence-corrected chi connectivity index (χ1v) is 4.08. The summed E-state index contributed by atoms with van der Waals surface area (Å²) < 4.78 is 0. The minimum Gasteiger partial charge on any atom is -0.271 e. The molecule has 3 N–H and O–H groups in total. The number of rotatable bonds is 6. The molecule has 0 bridgehead atoms. The van der Waals surface area contributed by atoms with Crippen LogP contribution in [0.15, 0.2) is 37.5 Å². The van der Waals surface area contributed by atoms with E-state index in [-0.39, 0.29) is 5.54 Å². The van der Waals surface area contributed by atoms with Crippen LogP contribution in [0.25, 0.3) is 0 Å². The third-order valence-electron chi connectivity index (χ3n) is 1.79. The van der Waals surface area contributed by atoms with Crippen LogP contribution in [0, 0.1) is 0 Å². The largest absolute Gasteiger partial charge is 0.271 e. The van der Waals surface area contributed by atoms with Crippen molar-refractivity contribution in [2.75, 3.05) is 0 Å². The van der Waals surface area contributed by atoms with Gasteiger partial charge in [0.15, 0.2) is 0 Å². The summed E-state index contributed by atoms with van der Waals surface area (Å²) in [5, 5.41) is 0. The molecule has 0 rings (SSSR count). The summed E-state index contributed by atoms with van der Waals surface area (Å²) in [7, 11) is 0. The van der Waals surface area contributed by atoms with E-state index in [4.69, 9.17) is 5.84 Å². The first kappa shape index (κ1) is 11.1. The molecule has 0 radical (unpaired) electrons. The van der Waals surface area contributed by atoms with E-state index in [1.807, 2.05) is 31.2 Å². The average molecular weight is 166 g/mol. The van der Waals surface area contributed by atoms with Crippen LogP contribution in [0.2, 0.25) is 0 Å². The maximum atomic E-state index is 5.47. The van der Waals surface area contributed by atoms with Crippen LogP contribution in [-0.2, 0) is 0 Å². The zero-order chi connectivity index (χ0) is 9.45. The van der Waals surface area contributed by atoms with Gasteiger partial charge in [-0.25, -0.2) is 5.43 Å². The van der Waals surface area contributed by atoms with Gasteiger partial charge in [0, 0.05) is 0 Å². The van der Waals surface area contributed by atoms with E-state index in [9.17, 15) is 0 Å². The zero-order valence-corrected chi connectivity index (χ0v) is 7.72. The summed E-state index contributed by atoms with van der Waals surface area (Å²) >= 11 is 0. The maximum Gasteiger partial charge on any atom is 0.0568 e. The highest BCUT2D eigenvalue weighted by Gasteiger charge is 2.21. The topological polar surface area (TPSA) is 38.0 Å². The van der Waals surface area contributed by atoms with E-state index in [0.717, 1.165) is 12.8 Å². The highest BCUT2D eigenvalue weighted by atomic mass is 15.3. The molecule has 0 atom stereocenters. The van der Waals surface area contributed by atoms with E-state index in [1.165, 1.54) is 0 Å². The zero-order valence-electron chi connectivity index (χ0n) is 7.72. The van der Waals surface area contributed by atoms with E-state index in [0.29, 0.717) is 0 Å². The van der Waals surface area contributed by atoms with Gasteiger partial charge in [0.25, 0.3) is 0 Å². The molecule has 0 amide bonds. The highest BCUT2D eigenvalue weighted by molar-refractivity contribution is 5.10. The Hall–Kier alpha value is -0.860. The number of hydrazine groups is 1. The molecule has 0 aromatic carbocycles. The monoisotopic (exact) mass is 166 g/mol. The Morgan fingerprint density at radius 3 is 2.08 bits per heavy atom. The minimum atomic E-state index is -0.196. The Labute approximate surface area is 74.8 Å². The number of nitrogens with two attached hydrogens (primary N) is 1. The summed E-state index contributed by atoms with van der Waals surface area (Å²) in [5.74, 6) is 5.47. The van der Waals surface area contributed by atoms with Crippen LogP contribution in [-0.4, -0.2) is 5.54 Å². The first-order valence-electron chi connectivity index (χ1n) is 4.08. The second kappa shape index (κ2) is 5.75. The van der Waals surface area contributed by atoms with Crippen LogP contribution in [0.5, 0.6) is 0 Å². The molecular formula is C10H18N2. The van der Waals surface area contributed by atoms with E-state index in [2.05, 4.69) is 18.6 Å². The van der Waals surface area contributed by atoms with Gasteiger partial charge in [-0.1, -0.05) is 24.3 Å². The van der Waals surface area contributed by atoms with Gasteiger partial charge in [0.05, 0.1) is 5.54 Å². The fourth-order valence-corrected chi connectivity index (χ4v) is 1.22. The molecule has 0 unspecified atom stereocenters. The number of hydrogen-bond donors (Lipinski definition) is 2. The second-order valence-electron chi connectivity index (χ2n) is 2.79. The number of allylic oxidation sites excluding steroid dienone is 1. The molecule has 2 nitrogen and oxygen atoms in total. The Morgan fingerprint density at radius 1 is 1.33 bits per heavy atom. The third-order valence-corrected chi connectivity index (χ3v) is 1.79. The van der Waals surface area contributed by atoms with Crippen molar-refractivity contribution in [1.82, 2.24) is 5.43 Å². The van der Waals surface area contributed by atoms with Crippen molar-refractivity contribution in [2.45, 2.75) is 25.3 Å². The first-order chi connectivity index (χ1) is 5.74. The van der Waals surface area contributed by atoms with Gasteiger partial charge in [-0.05, 0) is 19.8 Å². The minimum absolute atomic E-state index is 0.196. The maximum absolute atomic E-state index is 5.47. The summed E-state index contributed by atoms with van der Waals surface area (Å²) in [6.07, 6.45) is 9.33. The van der Waals surface area contributed by atoms with E-state index >= 15 is 0 Å². The highest BCUT2D eigenvalue weighted by Crippen LogP contribution is 2.17. The van der Waals surface area contributed by atoms with Crippen molar-refractivity contribution >= 4 is 0 Å². The molecule has 0 spiro atoms. The molecule has 0 saturated carbocycles. The lowest BCUT2D eigenvalue weighted by Gasteiger charge is -2.27.